The summed E-state index contributed by atoms with van der Waals surface area (Å²) < 4.78 is 0. The van der Waals surface area contributed by atoms with Crippen LogP contribution >= 0.6 is 21.6 Å². The number of para-hydroxylation sites is 1. The minimum Gasteiger partial charge on any atom is -0.306 e. The molecule has 0 unspecified atom stereocenters. The Morgan fingerprint density at radius 2 is 1.92 bits per heavy atom. The first-order valence-corrected chi connectivity index (χ1v) is 6.35. The van der Waals surface area contributed by atoms with Gasteiger partial charge in [-0.1, -0.05) is 29.0 Å². The molecule has 1 aromatic carbocycles. The summed E-state index contributed by atoms with van der Waals surface area (Å²) in [6.07, 6.45) is 1.89. The van der Waals surface area contributed by atoms with E-state index in [2.05, 4.69) is 0 Å². The first kappa shape index (κ1) is 10.5. The molecule has 0 aliphatic carbocycles. The quantitative estimate of drug-likeness (QED) is 0.703. The third kappa shape index (κ3) is 2.97. The van der Waals surface area contributed by atoms with Crippen LogP contribution in [0.1, 0.15) is 0 Å². The van der Waals surface area contributed by atoms with E-state index in [1.54, 1.807) is 11.9 Å². The number of hydrogen-bond acceptors (Lipinski definition) is 3. The second kappa shape index (κ2) is 5.19. The van der Waals surface area contributed by atoms with Crippen LogP contribution in [-0.2, 0) is 0 Å². The molecule has 0 spiro atoms. The van der Waals surface area contributed by atoms with Gasteiger partial charge in [0.15, 0.2) is 0 Å². The maximum absolute atomic E-state index is 11.4. The van der Waals surface area contributed by atoms with E-state index < -0.39 is 0 Å². The van der Waals surface area contributed by atoms with Crippen LogP contribution in [0.15, 0.2) is 30.3 Å². The highest BCUT2D eigenvalue weighted by Crippen LogP contribution is 2.23. The number of hydrogen-bond donors (Lipinski definition) is 0. The van der Waals surface area contributed by atoms with Crippen molar-refractivity contribution in [2.75, 3.05) is 18.2 Å². The number of amides is 1. The minimum absolute atomic E-state index is 0.0544. The Balaban J connectivity index is 2.68. The van der Waals surface area contributed by atoms with Gasteiger partial charge in [0.1, 0.15) is 0 Å². The van der Waals surface area contributed by atoms with Gasteiger partial charge in [-0.15, -0.1) is 0 Å². The van der Waals surface area contributed by atoms with Gasteiger partial charge in [-0.05, 0) is 18.4 Å². The van der Waals surface area contributed by atoms with E-state index >= 15 is 0 Å². The van der Waals surface area contributed by atoms with Gasteiger partial charge in [0.2, 0.25) is 0 Å². The van der Waals surface area contributed by atoms with Crippen LogP contribution in [-0.4, -0.2) is 18.5 Å². The standard InChI is InChI=1S/C9H11NOS2/c1-10(9(11)13-12-2)8-6-4-3-5-7-8/h3-7H,1-2H3. The summed E-state index contributed by atoms with van der Waals surface area (Å²) in [7, 11) is 4.47. The van der Waals surface area contributed by atoms with Crippen LogP contribution in [0.25, 0.3) is 0 Å². The maximum Gasteiger partial charge on any atom is 0.296 e. The molecule has 1 amide bonds. The molecule has 0 aromatic heterocycles. The molecule has 0 fully saturated rings. The summed E-state index contributed by atoms with van der Waals surface area (Å²) in [5.41, 5.74) is 0.925. The smallest absolute Gasteiger partial charge is 0.296 e. The lowest BCUT2D eigenvalue weighted by molar-refractivity contribution is 0.266. The minimum atomic E-state index is 0.0544. The molecule has 70 valence electrons. The van der Waals surface area contributed by atoms with E-state index in [0.29, 0.717) is 0 Å². The van der Waals surface area contributed by atoms with Gasteiger partial charge < -0.3 is 4.90 Å². The Bertz CT molecular complexity index is 276. The van der Waals surface area contributed by atoms with Gasteiger partial charge >= 0.3 is 0 Å². The lowest BCUT2D eigenvalue weighted by Gasteiger charge is -2.15. The molecule has 0 bridgehead atoms. The molecule has 0 aliphatic rings. The fraction of sp³-hybridized carbons (Fsp3) is 0.222. The van der Waals surface area contributed by atoms with Crippen LogP contribution in [0.3, 0.4) is 0 Å². The fourth-order valence-electron chi connectivity index (χ4n) is 0.884. The zero-order valence-electron chi connectivity index (χ0n) is 7.56. The monoisotopic (exact) mass is 213 g/mol. The molecular weight excluding hydrogens is 202 g/mol. The highest BCUT2D eigenvalue weighted by atomic mass is 33.1. The highest BCUT2D eigenvalue weighted by molar-refractivity contribution is 8.82. The van der Waals surface area contributed by atoms with E-state index in [9.17, 15) is 4.79 Å². The van der Waals surface area contributed by atoms with Crippen molar-refractivity contribution in [1.82, 2.24) is 0 Å². The Kier molecular flexibility index (Phi) is 4.18. The second-order valence-corrected chi connectivity index (χ2v) is 4.76. The van der Waals surface area contributed by atoms with Crippen molar-refractivity contribution in [3.63, 3.8) is 0 Å². The van der Waals surface area contributed by atoms with Crippen LogP contribution in [0.5, 0.6) is 0 Å². The van der Waals surface area contributed by atoms with Crippen LogP contribution in [0, 0.1) is 0 Å². The summed E-state index contributed by atoms with van der Waals surface area (Å²) in [5, 5.41) is 0.0544. The first-order chi connectivity index (χ1) is 6.25. The molecule has 1 aromatic rings. The van der Waals surface area contributed by atoms with E-state index in [1.807, 2.05) is 36.6 Å². The van der Waals surface area contributed by atoms with E-state index in [4.69, 9.17) is 0 Å². The molecule has 0 heterocycles. The van der Waals surface area contributed by atoms with E-state index in [0.717, 1.165) is 5.69 Å². The molecule has 0 saturated carbocycles. The molecule has 0 saturated heterocycles. The maximum atomic E-state index is 11.4. The van der Waals surface area contributed by atoms with Crippen LogP contribution < -0.4 is 4.90 Å². The number of rotatable bonds is 2. The Morgan fingerprint density at radius 1 is 1.31 bits per heavy atom. The Labute approximate surface area is 86.1 Å². The zero-order chi connectivity index (χ0) is 9.68. The lowest BCUT2D eigenvalue weighted by atomic mass is 10.3. The Morgan fingerprint density at radius 3 is 2.46 bits per heavy atom. The van der Waals surface area contributed by atoms with Crippen molar-refractivity contribution in [3.8, 4) is 0 Å². The topological polar surface area (TPSA) is 20.3 Å². The molecule has 2 nitrogen and oxygen atoms in total. The van der Waals surface area contributed by atoms with Crippen molar-refractivity contribution >= 4 is 32.5 Å². The first-order valence-electron chi connectivity index (χ1n) is 3.79. The van der Waals surface area contributed by atoms with Crippen molar-refractivity contribution in [3.05, 3.63) is 30.3 Å². The molecule has 13 heavy (non-hydrogen) atoms. The van der Waals surface area contributed by atoms with Gasteiger partial charge in [0.25, 0.3) is 5.24 Å². The van der Waals surface area contributed by atoms with Crippen LogP contribution in [0.4, 0.5) is 10.5 Å². The average Bonchev–Trinajstić information content (AvgIpc) is 2.18. The summed E-state index contributed by atoms with van der Waals surface area (Å²) in [6, 6.07) is 9.60. The summed E-state index contributed by atoms with van der Waals surface area (Å²) >= 11 is 0. The van der Waals surface area contributed by atoms with Gasteiger partial charge in [-0.2, -0.15) is 0 Å². The summed E-state index contributed by atoms with van der Waals surface area (Å²) in [4.78, 5) is 13.1. The lowest BCUT2D eigenvalue weighted by Crippen LogP contribution is -2.20. The predicted molar refractivity (Wildman–Crippen MR) is 61.3 cm³/mol. The molecule has 0 atom stereocenters. The number of nitrogens with zero attached hydrogens (tertiary/aromatic N) is 1. The van der Waals surface area contributed by atoms with E-state index in [-0.39, 0.29) is 5.24 Å². The summed E-state index contributed by atoms with van der Waals surface area (Å²) in [5.74, 6) is 0. The fourth-order valence-corrected chi connectivity index (χ4v) is 2.01. The number of anilines is 1. The molecule has 0 radical (unpaired) electrons. The SMILES string of the molecule is CSSC(=O)N(C)c1ccccc1. The van der Waals surface area contributed by atoms with E-state index in [1.165, 1.54) is 21.6 Å². The molecule has 0 aliphatic heterocycles. The van der Waals surface area contributed by atoms with Crippen LogP contribution in [0.2, 0.25) is 0 Å². The number of carbonyl (C=O) groups excluding carboxylic acids is 1. The number of carbonyl (C=O) groups is 1. The third-order valence-corrected chi connectivity index (χ3v) is 3.08. The van der Waals surface area contributed by atoms with Gasteiger partial charge in [-0.3, -0.25) is 4.79 Å². The molecule has 1 rings (SSSR count). The Hall–Kier alpha value is -0.610. The normalized spacial score (nSPS) is 9.69. The molecule has 0 N–H and O–H groups in total. The van der Waals surface area contributed by atoms with Crippen molar-refractivity contribution in [2.45, 2.75) is 0 Å². The third-order valence-electron chi connectivity index (χ3n) is 1.57. The van der Waals surface area contributed by atoms with Gasteiger partial charge in [-0.25, -0.2) is 0 Å². The van der Waals surface area contributed by atoms with Crippen molar-refractivity contribution in [2.24, 2.45) is 0 Å². The molecular formula is C9H11NOS2. The zero-order valence-corrected chi connectivity index (χ0v) is 9.19. The summed E-state index contributed by atoms with van der Waals surface area (Å²) in [6.45, 7) is 0. The van der Waals surface area contributed by atoms with Crippen molar-refractivity contribution < 1.29 is 4.79 Å². The predicted octanol–water partition coefficient (Wildman–Crippen LogP) is 3.25. The average molecular weight is 213 g/mol. The second-order valence-electron chi connectivity index (χ2n) is 2.41. The van der Waals surface area contributed by atoms with Gasteiger partial charge in [0, 0.05) is 23.5 Å². The molecule has 4 heteroatoms. The highest BCUT2D eigenvalue weighted by Gasteiger charge is 2.09. The van der Waals surface area contributed by atoms with Crippen molar-refractivity contribution in [1.29, 1.82) is 0 Å². The number of benzene rings is 1. The largest absolute Gasteiger partial charge is 0.306 e. The van der Waals surface area contributed by atoms with Gasteiger partial charge in [0.05, 0.1) is 0 Å².